The molecule has 1 fully saturated rings. The number of nitrogens with one attached hydrogen (secondary N) is 1. The molecule has 5 nitrogen and oxygen atoms in total. The Morgan fingerprint density at radius 3 is 2.56 bits per heavy atom. The van der Waals surface area contributed by atoms with Crippen LogP contribution in [0, 0.1) is 5.82 Å². The lowest BCUT2D eigenvalue weighted by molar-refractivity contribution is 0.160. The fraction of sp³-hybridized carbons (Fsp3) is 0.296. The van der Waals surface area contributed by atoms with Crippen LogP contribution in [0.4, 0.5) is 20.6 Å². The highest BCUT2D eigenvalue weighted by molar-refractivity contribution is 6.30. The molecule has 2 aliphatic heterocycles. The SMILES string of the molecule is COc1ccc2c(c1)C1(CCN(Cc3ccc(F)cc3)CC1)CN2C(=O)Nc1cccc(Cl)c1. The average Bonchev–Trinajstić information content (AvgIpc) is 3.15. The number of urea groups is 1. The molecule has 2 aliphatic rings. The van der Waals surface area contributed by atoms with Crippen molar-refractivity contribution in [2.45, 2.75) is 24.8 Å². The predicted molar refractivity (Wildman–Crippen MR) is 133 cm³/mol. The number of hydrogen-bond acceptors (Lipinski definition) is 3. The monoisotopic (exact) mass is 479 g/mol. The van der Waals surface area contributed by atoms with Gasteiger partial charge in [-0.3, -0.25) is 9.80 Å². The molecule has 0 aliphatic carbocycles. The largest absolute Gasteiger partial charge is 0.497 e. The summed E-state index contributed by atoms with van der Waals surface area (Å²) >= 11 is 6.10. The van der Waals surface area contributed by atoms with Crippen molar-refractivity contribution in [1.29, 1.82) is 0 Å². The van der Waals surface area contributed by atoms with Crippen LogP contribution >= 0.6 is 11.6 Å². The summed E-state index contributed by atoms with van der Waals surface area (Å²) in [6.45, 7) is 3.21. The van der Waals surface area contributed by atoms with Crippen molar-refractivity contribution in [3.05, 3.63) is 88.7 Å². The first-order valence-corrected chi connectivity index (χ1v) is 11.8. The summed E-state index contributed by atoms with van der Waals surface area (Å²) in [5.41, 5.74) is 3.73. The second-order valence-electron chi connectivity index (χ2n) is 9.09. The van der Waals surface area contributed by atoms with Crippen LogP contribution in [0.2, 0.25) is 5.02 Å². The molecule has 3 aromatic rings. The van der Waals surface area contributed by atoms with Crippen LogP contribution in [-0.2, 0) is 12.0 Å². The summed E-state index contributed by atoms with van der Waals surface area (Å²) in [4.78, 5) is 17.5. The number of methoxy groups -OCH3 is 1. The molecule has 0 radical (unpaired) electrons. The van der Waals surface area contributed by atoms with Gasteiger partial charge in [-0.15, -0.1) is 0 Å². The first-order valence-electron chi connectivity index (χ1n) is 11.5. The average molecular weight is 480 g/mol. The Morgan fingerprint density at radius 2 is 1.85 bits per heavy atom. The lowest BCUT2D eigenvalue weighted by Crippen LogP contribution is -2.46. The third kappa shape index (κ3) is 4.48. The number of likely N-dealkylation sites (tertiary alicyclic amines) is 1. The maximum atomic E-state index is 13.3. The molecule has 5 rings (SSSR count). The van der Waals surface area contributed by atoms with Crippen LogP contribution in [0.3, 0.4) is 0 Å². The van der Waals surface area contributed by atoms with Gasteiger partial charge in [0.05, 0.1) is 7.11 Å². The van der Waals surface area contributed by atoms with Gasteiger partial charge in [0.25, 0.3) is 0 Å². The van der Waals surface area contributed by atoms with Crippen molar-refractivity contribution in [3.8, 4) is 5.75 Å². The zero-order valence-corrected chi connectivity index (χ0v) is 19.8. The lowest BCUT2D eigenvalue weighted by Gasteiger charge is -2.40. The van der Waals surface area contributed by atoms with Gasteiger partial charge < -0.3 is 10.1 Å². The van der Waals surface area contributed by atoms with Gasteiger partial charge >= 0.3 is 6.03 Å². The van der Waals surface area contributed by atoms with Crippen LogP contribution in [0.15, 0.2) is 66.7 Å². The van der Waals surface area contributed by atoms with Gasteiger partial charge in [-0.05, 0) is 85.6 Å². The first kappa shape index (κ1) is 22.7. The van der Waals surface area contributed by atoms with Crippen molar-refractivity contribution in [3.63, 3.8) is 0 Å². The number of nitrogens with zero attached hydrogens (tertiary/aromatic N) is 2. The number of amides is 2. The standard InChI is InChI=1S/C27H27ClFN3O2/c1-34-23-9-10-25-24(16-23)27(18-32(25)26(33)30-22-4-2-3-20(28)15-22)11-13-31(14-12-27)17-19-5-7-21(29)8-6-19/h2-10,15-16H,11-14,17-18H2,1H3,(H,30,33). The second kappa shape index (κ2) is 9.28. The minimum atomic E-state index is -0.214. The zero-order chi connectivity index (χ0) is 23.7. The number of carbonyl (C=O) groups is 1. The third-order valence-corrected chi connectivity index (χ3v) is 7.22. The lowest BCUT2D eigenvalue weighted by atomic mass is 9.74. The quantitative estimate of drug-likeness (QED) is 0.493. The number of anilines is 2. The van der Waals surface area contributed by atoms with E-state index in [0.29, 0.717) is 17.3 Å². The molecular formula is C27H27ClFN3O2. The fourth-order valence-electron chi connectivity index (χ4n) is 5.13. The van der Waals surface area contributed by atoms with E-state index in [-0.39, 0.29) is 17.3 Å². The Labute approximate surface area is 204 Å². The van der Waals surface area contributed by atoms with Crippen LogP contribution in [0.5, 0.6) is 5.75 Å². The van der Waals surface area contributed by atoms with E-state index in [1.165, 1.54) is 12.1 Å². The van der Waals surface area contributed by atoms with Crippen LogP contribution in [-0.4, -0.2) is 37.7 Å². The van der Waals surface area contributed by atoms with Crippen molar-refractivity contribution in [2.75, 3.05) is 37.0 Å². The van der Waals surface area contributed by atoms with Gasteiger partial charge in [-0.25, -0.2) is 9.18 Å². The second-order valence-corrected chi connectivity index (χ2v) is 9.53. The number of ether oxygens (including phenoxy) is 1. The van der Waals surface area contributed by atoms with Gasteiger partial charge in [-0.2, -0.15) is 0 Å². The summed E-state index contributed by atoms with van der Waals surface area (Å²) in [7, 11) is 1.66. The smallest absolute Gasteiger partial charge is 0.326 e. The number of hydrogen-bond donors (Lipinski definition) is 1. The Morgan fingerprint density at radius 1 is 1.09 bits per heavy atom. The van der Waals surface area contributed by atoms with E-state index in [2.05, 4.69) is 16.3 Å². The highest BCUT2D eigenvalue weighted by Crippen LogP contribution is 2.48. The third-order valence-electron chi connectivity index (χ3n) is 6.98. The summed E-state index contributed by atoms with van der Waals surface area (Å²) in [5, 5.41) is 3.57. The van der Waals surface area contributed by atoms with E-state index < -0.39 is 0 Å². The van der Waals surface area contributed by atoms with E-state index in [9.17, 15) is 9.18 Å². The Bertz CT molecular complexity index is 1190. The van der Waals surface area contributed by atoms with Crippen LogP contribution < -0.4 is 15.0 Å². The molecule has 0 atom stereocenters. The highest BCUT2D eigenvalue weighted by Gasteiger charge is 2.46. The number of benzene rings is 3. The minimum Gasteiger partial charge on any atom is -0.497 e. The van der Waals surface area contributed by atoms with Crippen LogP contribution in [0.25, 0.3) is 0 Å². The predicted octanol–water partition coefficient (Wildman–Crippen LogP) is 6.07. The maximum Gasteiger partial charge on any atom is 0.326 e. The highest BCUT2D eigenvalue weighted by atomic mass is 35.5. The van der Waals surface area contributed by atoms with E-state index in [0.717, 1.165) is 55.0 Å². The number of piperidine rings is 1. The first-order chi connectivity index (χ1) is 16.5. The molecule has 176 valence electrons. The molecule has 0 saturated carbocycles. The molecule has 1 N–H and O–H groups in total. The van der Waals surface area contributed by atoms with E-state index in [1.807, 2.05) is 41.3 Å². The van der Waals surface area contributed by atoms with Crippen molar-refractivity contribution < 1.29 is 13.9 Å². The molecule has 2 heterocycles. The number of halogens is 2. The normalized spacial score (nSPS) is 17.0. The molecule has 1 spiro atoms. The van der Waals surface area contributed by atoms with Crippen molar-refractivity contribution in [1.82, 2.24) is 4.90 Å². The topological polar surface area (TPSA) is 44.8 Å². The zero-order valence-electron chi connectivity index (χ0n) is 19.1. The van der Waals surface area contributed by atoms with Gasteiger partial charge in [0.1, 0.15) is 11.6 Å². The molecule has 34 heavy (non-hydrogen) atoms. The maximum absolute atomic E-state index is 13.3. The molecule has 0 unspecified atom stereocenters. The molecule has 3 aromatic carbocycles. The molecule has 0 aromatic heterocycles. The number of fused-ring (bicyclic) bond motifs is 2. The van der Waals surface area contributed by atoms with Gasteiger partial charge in [0, 0.05) is 34.9 Å². The molecule has 0 bridgehead atoms. The summed E-state index contributed by atoms with van der Waals surface area (Å²) in [6.07, 6.45) is 1.85. The molecular weight excluding hydrogens is 453 g/mol. The van der Waals surface area contributed by atoms with E-state index >= 15 is 0 Å². The summed E-state index contributed by atoms with van der Waals surface area (Å²) in [6, 6.07) is 19.7. The van der Waals surface area contributed by atoms with E-state index in [4.69, 9.17) is 16.3 Å². The van der Waals surface area contributed by atoms with Crippen molar-refractivity contribution in [2.24, 2.45) is 0 Å². The Kier molecular flexibility index (Phi) is 6.19. The number of carbonyl (C=O) groups excluding carboxylic acids is 1. The van der Waals surface area contributed by atoms with Crippen LogP contribution in [0.1, 0.15) is 24.0 Å². The molecule has 2 amide bonds. The van der Waals surface area contributed by atoms with E-state index in [1.54, 1.807) is 19.2 Å². The van der Waals surface area contributed by atoms with Gasteiger partial charge in [-0.1, -0.05) is 29.8 Å². The summed E-state index contributed by atoms with van der Waals surface area (Å²) in [5.74, 6) is 0.581. The fourth-order valence-corrected chi connectivity index (χ4v) is 5.32. The van der Waals surface area contributed by atoms with Gasteiger partial charge in [0.15, 0.2) is 0 Å². The molecule has 7 heteroatoms. The Hall–Kier alpha value is -3.09. The minimum absolute atomic E-state index is 0.130. The van der Waals surface area contributed by atoms with Gasteiger partial charge in [0.2, 0.25) is 0 Å². The molecule has 1 saturated heterocycles. The Balaban J connectivity index is 1.36. The van der Waals surface area contributed by atoms with Crippen molar-refractivity contribution >= 4 is 29.0 Å². The summed E-state index contributed by atoms with van der Waals surface area (Å²) < 4.78 is 18.8. The number of rotatable bonds is 4.